The number of nitrogens with zero attached hydrogens (tertiary/aromatic N) is 2. The van der Waals surface area contributed by atoms with Crippen molar-refractivity contribution >= 4 is 11.6 Å². The number of nitrogens with two attached hydrogens (primary N) is 1. The van der Waals surface area contributed by atoms with Crippen LogP contribution in [0.2, 0.25) is 0 Å². The summed E-state index contributed by atoms with van der Waals surface area (Å²) in [5, 5.41) is 9.87. The third-order valence-electron chi connectivity index (χ3n) is 5.19. The highest BCUT2D eigenvalue weighted by atomic mass is 16.5. The standard InChI is InChI=1S/C21H27N3O3/c1-23(16-8-9-18(21(22)26)20(12-16)27-2)19(15-6-4-3-5-7-15)14-24-11-10-17(25)13-24/h3-9,12,17,19,25H,10-11,13-14H2,1-2H3,(H2,22,26)/t17?,19-/m1/s1. The molecule has 0 aromatic heterocycles. The van der Waals surface area contributed by atoms with E-state index in [4.69, 9.17) is 10.5 Å². The molecule has 2 aromatic carbocycles. The van der Waals surface area contributed by atoms with Gasteiger partial charge in [0.1, 0.15) is 5.75 Å². The lowest BCUT2D eigenvalue weighted by Crippen LogP contribution is -2.36. The van der Waals surface area contributed by atoms with E-state index in [0.717, 1.165) is 25.2 Å². The molecule has 2 aromatic rings. The molecule has 27 heavy (non-hydrogen) atoms. The highest BCUT2D eigenvalue weighted by Gasteiger charge is 2.26. The van der Waals surface area contributed by atoms with Crippen molar-refractivity contribution < 1.29 is 14.6 Å². The molecule has 1 heterocycles. The Morgan fingerprint density at radius 3 is 2.67 bits per heavy atom. The second-order valence-electron chi connectivity index (χ2n) is 6.99. The van der Waals surface area contributed by atoms with Crippen molar-refractivity contribution in [1.29, 1.82) is 0 Å². The van der Waals surface area contributed by atoms with E-state index in [1.165, 1.54) is 12.7 Å². The van der Waals surface area contributed by atoms with Gasteiger partial charge in [-0.2, -0.15) is 0 Å². The minimum Gasteiger partial charge on any atom is -0.496 e. The molecule has 0 bridgehead atoms. The number of primary amides is 1. The summed E-state index contributed by atoms with van der Waals surface area (Å²) in [4.78, 5) is 16.0. The zero-order valence-corrected chi connectivity index (χ0v) is 15.8. The van der Waals surface area contributed by atoms with Gasteiger partial charge in [-0.25, -0.2) is 0 Å². The lowest BCUT2D eigenvalue weighted by Gasteiger charge is -2.34. The van der Waals surface area contributed by atoms with Crippen LogP contribution in [0.25, 0.3) is 0 Å². The third kappa shape index (κ3) is 4.40. The highest BCUT2D eigenvalue weighted by Crippen LogP contribution is 2.31. The fraction of sp³-hybridized carbons (Fsp3) is 0.381. The second kappa shape index (κ2) is 8.41. The molecule has 6 heteroatoms. The number of rotatable bonds is 7. The number of aliphatic hydroxyl groups excluding tert-OH is 1. The molecule has 0 spiro atoms. The van der Waals surface area contributed by atoms with E-state index in [1.54, 1.807) is 6.07 Å². The number of β-amino-alcohol motifs (C(OH)–C–C–N with tert-alkyl or cyclic N) is 1. The lowest BCUT2D eigenvalue weighted by atomic mass is 10.0. The first kappa shape index (κ1) is 19.2. The van der Waals surface area contributed by atoms with Crippen LogP contribution in [0.1, 0.15) is 28.4 Å². The Kier molecular flexibility index (Phi) is 5.98. The minimum absolute atomic E-state index is 0.0978. The van der Waals surface area contributed by atoms with E-state index in [9.17, 15) is 9.90 Å². The Bertz CT molecular complexity index is 781. The highest BCUT2D eigenvalue weighted by molar-refractivity contribution is 5.96. The Hall–Kier alpha value is -2.57. The molecule has 1 aliphatic rings. The van der Waals surface area contributed by atoms with E-state index in [1.807, 2.05) is 37.4 Å². The molecule has 144 valence electrons. The second-order valence-corrected chi connectivity index (χ2v) is 6.99. The fourth-order valence-electron chi connectivity index (χ4n) is 3.63. The van der Waals surface area contributed by atoms with Crippen LogP contribution in [-0.4, -0.2) is 55.8 Å². The van der Waals surface area contributed by atoms with Gasteiger partial charge in [-0.1, -0.05) is 30.3 Å². The first-order valence-corrected chi connectivity index (χ1v) is 9.15. The van der Waals surface area contributed by atoms with Crippen molar-refractivity contribution in [1.82, 2.24) is 4.90 Å². The summed E-state index contributed by atoms with van der Waals surface area (Å²) < 4.78 is 5.36. The van der Waals surface area contributed by atoms with Crippen LogP contribution in [0.5, 0.6) is 5.75 Å². The summed E-state index contributed by atoms with van der Waals surface area (Å²) in [5.41, 5.74) is 7.92. The van der Waals surface area contributed by atoms with Crippen LogP contribution >= 0.6 is 0 Å². The van der Waals surface area contributed by atoms with E-state index >= 15 is 0 Å². The van der Waals surface area contributed by atoms with Crippen molar-refractivity contribution in [3.8, 4) is 5.75 Å². The maximum absolute atomic E-state index is 11.6. The maximum Gasteiger partial charge on any atom is 0.252 e. The number of likely N-dealkylation sites (tertiary alicyclic amines) is 1. The van der Waals surface area contributed by atoms with Gasteiger partial charge in [0.15, 0.2) is 0 Å². The number of hydrogen-bond donors (Lipinski definition) is 2. The summed E-state index contributed by atoms with van der Waals surface area (Å²) in [6, 6.07) is 15.8. The Balaban J connectivity index is 1.90. The van der Waals surface area contributed by atoms with E-state index in [-0.39, 0.29) is 12.1 Å². The van der Waals surface area contributed by atoms with Crippen molar-refractivity contribution in [2.45, 2.75) is 18.6 Å². The van der Waals surface area contributed by atoms with Gasteiger partial charge in [0.2, 0.25) is 0 Å². The largest absolute Gasteiger partial charge is 0.496 e. The van der Waals surface area contributed by atoms with Crippen LogP contribution in [0.4, 0.5) is 5.69 Å². The topological polar surface area (TPSA) is 79.0 Å². The number of hydrogen-bond acceptors (Lipinski definition) is 5. The van der Waals surface area contributed by atoms with Gasteiger partial charge in [-0.15, -0.1) is 0 Å². The molecule has 3 rings (SSSR count). The van der Waals surface area contributed by atoms with Crippen LogP contribution < -0.4 is 15.4 Å². The van der Waals surface area contributed by atoms with Crippen LogP contribution in [-0.2, 0) is 0 Å². The van der Waals surface area contributed by atoms with Crippen molar-refractivity contribution in [3.63, 3.8) is 0 Å². The average molecular weight is 369 g/mol. The molecular weight excluding hydrogens is 342 g/mol. The summed E-state index contributed by atoms with van der Waals surface area (Å²) >= 11 is 0. The Morgan fingerprint density at radius 1 is 1.33 bits per heavy atom. The third-order valence-corrected chi connectivity index (χ3v) is 5.19. The normalized spacial score (nSPS) is 18.3. The van der Waals surface area contributed by atoms with Gasteiger partial charge in [0.25, 0.3) is 5.91 Å². The number of benzene rings is 2. The molecule has 0 aliphatic carbocycles. The van der Waals surface area contributed by atoms with Crippen LogP contribution in [0.15, 0.2) is 48.5 Å². The monoisotopic (exact) mass is 369 g/mol. The van der Waals surface area contributed by atoms with Gasteiger partial charge >= 0.3 is 0 Å². The Morgan fingerprint density at radius 2 is 2.07 bits per heavy atom. The maximum atomic E-state index is 11.6. The molecule has 6 nitrogen and oxygen atoms in total. The summed E-state index contributed by atoms with van der Waals surface area (Å²) in [6.07, 6.45) is 0.563. The summed E-state index contributed by atoms with van der Waals surface area (Å²) in [7, 11) is 3.56. The zero-order valence-electron chi connectivity index (χ0n) is 15.8. The predicted octanol–water partition coefficient (Wildman–Crippen LogP) is 2.04. The van der Waals surface area contributed by atoms with E-state index in [0.29, 0.717) is 17.9 Å². The molecule has 3 N–H and O–H groups in total. The van der Waals surface area contributed by atoms with Gasteiger partial charge < -0.3 is 20.5 Å². The van der Waals surface area contributed by atoms with Gasteiger partial charge in [0, 0.05) is 38.4 Å². The molecule has 1 fully saturated rings. The first-order valence-electron chi connectivity index (χ1n) is 9.15. The molecule has 2 atom stereocenters. The predicted molar refractivity (Wildman–Crippen MR) is 106 cm³/mol. The number of amides is 1. The average Bonchev–Trinajstić information content (AvgIpc) is 3.10. The molecule has 1 amide bonds. The lowest BCUT2D eigenvalue weighted by molar-refractivity contribution is 0.0997. The number of carbonyl (C=O) groups is 1. The van der Waals surface area contributed by atoms with Gasteiger partial charge in [-0.3, -0.25) is 9.69 Å². The molecule has 1 saturated heterocycles. The van der Waals surface area contributed by atoms with Crippen molar-refractivity contribution in [2.75, 3.05) is 38.7 Å². The van der Waals surface area contributed by atoms with Gasteiger partial charge in [-0.05, 0) is 24.1 Å². The number of carbonyl (C=O) groups excluding carboxylic acids is 1. The SMILES string of the molecule is COc1cc(N(C)[C@H](CN2CCC(O)C2)c2ccccc2)ccc1C(N)=O. The number of likely N-dealkylation sites (N-methyl/N-ethyl adjacent to an activating group) is 1. The quantitative estimate of drug-likeness (QED) is 0.781. The molecule has 1 aliphatic heterocycles. The number of ether oxygens (including phenoxy) is 1. The minimum atomic E-state index is -0.508. The number of anilines is 1. The Labute approximate surface area is 160 Å². The fourth-order valence-corrected chi connectivity index (χ4v) is 3.63. The van der Waals surface area contributed by atoms with E-state index < -0.39 is 5.91 Å². The smallest absolute Gasteiger partial charge is 0.252 e. The summed E-state index contributed by atoms with van der Waals surface area (Å²) in [5.74, 6) is -0.0398. The van der Waals surface area contributed by atoms with Crippen LogP contribution in [0, 0.1) is 0 Å². The molecular formula is C21H27N3O3. The number of methoxy groups -OCH3 is 1. The van der Waals surface area contributed by atoms with Gasteiger partial charge in [0.05, 0.1) is 24.8 Å². The van der Waals surface area contributed by atoms with E-state index in [2.05, 4.69) is 21.9 Å². The first-order chi connectivity index (χ1) is 13.0. The molecule has 1 unspecified atom stereocenters. The summed E-state index contributed by atoms with van der Waals surface area (Å²) in [6.45, 7) is 2.39. The van der Waals surface area contributed by atoms with Crippen LogP contribution in [0.3, 0.4) is 0 Å². The van der Waals surface area contributed by atoms with Crippen molar-refractivity contribution in [2.24, 2.45) is 5.73 Å². The number of aliphatic hydroxyl groups is 1. The molecule has 0 radical (unpaired) electrons. The molecule has 0 saturated carbocycles. The van der Waals surface area contributed by atoms with Crippen molar-refractivity contribution in [3.05, 3.63) is 59.7 Å². The zero-order chi connectivity index (χ0) is 19.4.